The molecule has 0 radical (unpaired) electrons. The van der Waals surface area contributed by atoms with Gasteiger partial charge in [-0.2, -0.15) is 0 Å². The molecule has 9 nitrogen and oxygen atoms in total. The Labute approximate surface area is 124 Å². The lowest BCUT2D eigenvalue weighted by Crippen LogP contribution is -2.34. The van der Waals surface area contributed by atoms with Crippen molar-refractivity contribution in [3.8, 4) is 0 Å². The number of imide groups is 1. The maximum absolute atomic E-state index is 11.5. The standard InChI is InChI=1S/C13H12N2O7/c1-8-2-3-11(18)15(8)22-13(20)6-12(19)21-7-14-9(16)4-5-10(14)17/h4-5H,1-3,6-7H2. The minimum atomic E-state index is -1.00. The summed E-state index contributed by atoms with van der Waals surface area (Å²) in [4.78, 5) is 62.1. The number of ether oxygens (including phenoxy) is 1. The molecule has 0 bridgehead atoms. The molecule has 2 aliphatic rings. The Hall–Kier alpha value is -2.97. The van der Waals surface area contributed by atoms with Crippen LogP contribution < -0.4 is 0 Å². The largest absolute Gasteiger partial charge is 0.443 e. The molecule has 0 spiro atoms. The van der Waals surface area contributed by atoms with E-state index in [0.717, 1.165) is 17.2 Å². The Balaban J connectivity index is 1.76. The number of amides is 3. The van der Waals surface area contributed by atoms with E-state index in [4.69, 9.17) is 4.84 Å². The van der Waals surface area contributed by atoms with E-state index in [9.17, 15) is 24.0 Å². The van der Waals surface area contributed by atoms with Gasteiger partial charge >= 0.3 is 11.9 Å². The molecule has 0 N–H and O–H groups in total. The normalized spacial score (nSPS) is 17.5. The van der Waals surface area contributed by atoms with Crippen molar-refractivity contribution in [1.29, 1.82) is 0 Å². The van der Waals surface area contributed by atoms with Gasteiger partial charge in [0.15, 0.2) is 6.73 Å². The third-order valence-corrected chi connectivity index (χ3v) is 2.88. The molecule has 1 fully saturated rings. The quantitative estimate of drug-likeness (QED) is 0.379. The van der Waals surface area contributed by atoms with E-state index in [1.54, 1.807) is 0 Å². The zero-order valence-electron chi connectivity index (χ0n) is 11.4. The lowest BCUT2D eigenvalue weighted by Gasteiger charge is -2.16. The first-order valence-corrected chi connectivity index (χ1v) is 6.29. The Morgan fingerprint density at radius 1 is 1.09 bits per heavy atom. The summed E-state index contributed by atoms with van der Waals surface area (Å²) in [5.74, 6) is -3.64. The second kappa shape index (κ2) is 6.20. The van der Waals surface area contributed by atoms with Crippen LogP contribution in [0.15, 0.2) is 24.4 Å². The van der Waals surface area contributed by atoms with Crippen LogP contribution >= 0.6 is 0 Å². The van der Waals surface area contributed by atoms with E-state index in [1.165, 1.54) is 0 Å². The van der Waals surface area contributed by atoms with Crippen LogP contribution in [0.5, 0.6) is 0 Å². The molecule has 22 heavy (non-hydrogen) atoms. The summed E-state index contributed by atoms with van der Waals surface area (Å²) < 4.78 is 4.63. The predicted octanol–water partition coefficient (Wildman–Crippen LogP) is -0.603. The van der Waals surface area contributed by atoms with Crippen molar-refractivity contribution < 1.29 is 33.5 Å². The van der Waals surface area contributed by atoms with E-state index < -0.39 is 42.8 Å². The van der Waals surface area contributed by atoms with Crippen molar-refractivity contribution in [3.63, 3.8) is 0 Å². The highest BCUT2D eigenvalue weighted by molar-refractivity contribution is 6.12. The van der Waals surface area contributed by atoms with E-state index in [-0.39, 0.29) is 6.42 Å². The van der Waals surface area contributed by atoms with Gasteiger partial charge in [-0.15, -0.1) is 5.06 Å². The van der Waals surface area contributed by atoms with E-state index in [0.29, 0.717) is 17.0 Å². The Bertz CT molecular complexity index is 574. The maximum atomic E-state index is 11.5. The molecule has 1 saturated heterocycles. The summed E-state index contributed by atoms with van der Waals surface area (Å²) in [6, 6.07) is 0. The van der Waals surface area contributed by atoms with Crippen LogP contribution in [-0.4, -0.2) is 46.4 Å². The fourth-order valence-electron chi connectivity index (χ4n) is 1.74. The molecular formula is C13H12N2O7. The van der Waals surface area contributed by atoms with Crippen molar-refractivity contribution in [2.45, 2.75) is 19.3 Å². The van der Waals surface area contributed by atoms with Gasteiger partial charge in [-0.05, 0) is 6.42 Å². The molecule has 2 heterocycles. The average molecular weight is 308 g/mol. The lowest BCUT2D eigenvalue weighted by molar-refractivity contribution is -0.188. The number of nitrogens with zero attached hydrogens (tertiary/aromatic N) is 2. The third-order valence-electron chi connectivity index (χ3n) is 2.88. The fourth-order valence-corrected chi connectivity index (χ4v) is 1.74. The zero-order valence-corrected chi connectivity index (χ0v) is 11.4. The van der Waals surface area contributed by atoms with Crippen LogP contribution in [0.1, 0.15) is 19.3 Å². The summed E-state index contributed by atoms with van der Waals surface area (Å²) >= 11 is 0. The van der Waals surface area contributed by atoms with E-state index in [2.05, 4.69) is 11.3 Å². The highest BCUT2D eigenvalue weighted by Gasteiger charge is 2.29. The van der Waals surface area contributed by atoms with Crippen molar-refractivity contribution in [3.05, 3.63) is 24.4 Å². The molecule has 0 saturated carbocycles. The molecule has 0 aliphatic carbocycles. The second-order valence-electron chi connectivity index (χ2n) is 4.48. The van der Waals surface area contributed by atoms with Gasteiger partial charge in [0, 0.05) is 18.6 Å². The van der Waals surface area contributed by atoms with Gasteiger partial charge in [-0.3, -0.25) is 19.2 Å². The van der Waals surface area contributed by atoms with Crippen LogP contribution in [0.3, 0.4) is 0 Å². The molecule has 0 aromatic rings. The van der Waals surface area contributed by atoms with Crippen LogP contribution in [-0.2, 0) is 33.5 Å². The number of carbonyl (C=O) groups excluding carboxylic acids is 5. The Kier molecular flexibility index (Phi) is 4.35. The van der Waals surface area contributed by atoms with Crippen LogP contribution in [0.4, 0.5) is 0 Å². The summed E-state index contributed by atoms with van der Waals surface area (Å²) in [6.45, 7) is 2.96. The molecule has 3 amide bonds. The number of rotatable bonds is 5. The highest BCUT2D eigenvalue weighted by atomic mass is 16.7. The summed E-state index contributed by atoms with van der Waals surface area (Å²) in [5.41, 5.74) is 0.325. The topological polar surface area (TPSA) is 110 Å². The van der Waals surface area contributed by atoms with Gasteiger partial charge < -0.3 is 9.57 Å². The van der Waals surface area contributed by atoms with Gasteiger partial charge in [0.2, 0.25) is 0 Å². The first kappa shape index (κ1) is 15.4. The molecule has 2 rings (SSSR count). The zero-order chi connectivity index (χ0) is 16.3. The van der Waals surface area contributed by atoms with E-state index in [1.807, 2.05) is 0 Å². The van der Waals surface area contributed by atoms with E-state index >= 15 is 0 Å². The molecular weight excluding hydrogens is 296 g/mol. The van der Waals surface area contributed by atoms with Gasteiger partial charge in [-0.25, -0.2) is 9.69 Å². The minimum Gasteiger partial charge on any atom is -0.443 e. The molecule has 0 atom stereocenters. The second-order valence-corrected chi connectivity index (χ2v) is 4.48. The average Bonchev–Trinajstić information content (AvgIpc) is 2.93. The first-order chi connectivity index (χ1) is 10.4. The number of esters is 1. The Morgan fingerprint density at radius 2 is 1.73 bits per heavy atom. The molecule has 0 aromatic carbocycles. The van der Waals surface area contributed by atoms with Gasteiger partial charge in [0.05, 0.1) is 5.70 Å². The summed E-state index contributed by atoms with van der Waals surface area (Å²) in [6.07, 6.45) is 1.87. The van der Waals surface area contributed by atoms with Crippen LogP contribution in [0, 0.1) is 0 Å². The first-order valence-electron chi connectivity index (χ1n) is 6.29. The number of carbonyl (C=O) groups is 5. The predicted molar refractivity (Wildman–Crippen MR) is 67.9 cm³/mol. The van der Waals surface area contributed by atoms with Gasteiger partial charge in [0.1, 0.15) is 6.42 Å². The fraction of sp³-hybridized carbons (Fsp3) is 0.308. The lowest BCUT2D eigenvalue weighted by atomic mass is 10.3. The number of hydroxylamine groups is 2. The SMILES string of the molecule is C=C1CCC(=O)N1OC(=O)CC(=O)OCN1C(=O)C=CC1=O. The Morgan fingerprint density at radius 3 is 2.27 bits per heavy atom. The minimum absolute atomic E-state index is 0.183. The molecule has 0 unspecified atom stereocenters. The molecule has 9 heteroatoms. The van der Waals surface area contributed by atoms with Crippen molar-refractivity contribution in [1.82, 2.24) is 9.96 Å². The smallest absolute Gasteiger partial charge is 0.344 e. The van der Waals surface area contributed by atoms with Crippen LogP contribution in [0.25, 0.3) is 0 Å². The highest BCUT2D eigenvalue weighted by Crippen LogP contribution is 2.21. The summed E-state index contributed by atoms with van der Waals surface area (Å²) in [5, 5.41) is 0.743. The van der Waals surface area contributed by atoms with Crippen LogP contribution in [0.2, 0.25) is 0 Å². The number of hydrogen-bond donors (Lipinski definition) is 0. The molecule has 116 valence electrons. The maximum Gasteiger partial charge on any atom is 0.344 e. The number of allylic oxidation sites excluding steroid dienone is 1. The van der Waals surface area contributed by atoms with Gasteiger partial charge in [-0.1, -0.05) is 6.58 Å². The monoisotopic (exact) mass is 308 g/mol. The van der Waals surface area contributed by atoms with Crippen molar-refractivity contribution in [2.75, 3.05) is 6.73 Å². The van der Waals surface area contributed by atoms with Crippen molar-refractivity contribution in [2.24, 2.45) is 0 Å². The molecule has 0 aromatic heterocycles. The number of hydrogen-bond acceptors (Lipinski definition) is 7. The molecule has 2 aliphatic heterocycles. The van der Waals surface area contributed by atoms with Gasteiger partial charge in [0.25, 0.3) is 17.7 Å². The summed E-state index contributed by atoms with van der Waals surface area (Å²) in [7, 11) is 0. The van der Waals surface area contributed by atoms with Crippen molar-refractivity contribution >= 4 is 29.7 Å². The third kappa shape index (κ3) is 3.37.